The molecule has 0 bridgehead atoms. The highest BCUT2D eigenvalue weighted by molar-refractivity contribution is 5.79. The largest absolute Gasteiger partial charge is 0.497 e. The van der Waals surface area contributed by atoms with Gasteiger partial charge in [-0.1, -0.05) is 19.3 Å². The van der Waals surface area contributed by atoms with Crippen molar-refractivity contribution in [2.24, 2.45) is 4.99 Å². The summed E-state index contributed by atoms with van der Waals surface area (Å²) in [5.41, 5.74) is 0. The summed E-state index contributed by atoms with van der Waals surface area (Å²) in [6, 6.07) is 7.60. The molecule has 6 heteroatoms. The summed E-state index contributed by atoms with van der Waals surface area (Å²) in [7, 11) is 7.71. The highest BCUT2D eigenvalue weighted by Gasteiger charge is 1.99. The molecule has 148 valence electrons. The smallest absolute Gasteiger partial charge is 0.191 e. The molecular formula is C20H36N4O2. The van der Waals surface area contributed by atoms with E-state index in [1.165, 1.54) is 38.6 Å². The van der Waals surface area contributed by atoms with Gasteiger partial charge in [0.1, 0.15) is 18.1 Å². The third-order valence-electron chi connectivity index (χ3n) is 4.02. The van der Waals surface area contributed by atoms with E-state index in [4.69, 9.17) is 9.47 Å². The van der Waals surface area contributed by atoms with E-state index < -0.39 is 0 Å². The predicted molar refractivity (Wildman–Crippen MR) is 109 cm³/mol. The first-order valence-electron chi connectivity index (χ1n) is 9.52. The number of guanidine groups is 1. The van der Waals surface area contributed by atoms with Gasteiger partial charge in [0.25, 0.3) is 0 Å². The Bertz CT molecular complexity index is 489. The SMILES string of the molecule is CN=C(NCCCCCCCN(C)C)NCCOc1ccc(OC)cc1. The summed E-state index contributed by atoms with van der Waals surface area (Å²) in [5.74, 6) is 2.50. The summed E-state index contributed by atoms with van der Waals surface area (Å²) < 4.78 is 10.8. The Labute approximate surface area is 159 Å². The molecule has 0 saturated heterocycles. The van der Waals surface area contributed by atoms with Gasteiger partial charge in [-0.15, -0.1) is 0 Å². The van der Waals surface area contributed by atoms with E-state index in [0.717, 1.165) is 24.0 Å². The fourth-order valence-corrected chi connectivity index (χ4v) is 2.52. The van der Waals surface area contributed by atoms with Gasteiger partial charge < -0.3 is 25.0 Å². The summed E-state index contributed by atoms with van der Waals surface area (Å²) in [4.78, 5) is 6.48. The second kappa shape index (κ2) is 14.2. The summed E-state index contributed by atoms with van der Waals surface area (Å²) in [6.07, 6.45) is 6.34. The molecule has 1 aromatic carbocycles. The first kappa shape index (κ1) is 22.1. The van der Waals surface area contributed by atoms with Gasteiger partial charge in [0.2, 0.25) is 0 Å². The van der Waals surface area contributed by atoms with Gasteiger partial charge in [0.15, 0.2) is 5.96 Å². The molecule has 2 N–H and O–H groups in total. The second-order valence-corrected chi connectivity index (χ2v) is 6.52. The van der Waals surface area contributed by atoms with E-state index in [1.807, 2.05) is 24.3 Å². The van der Waals surface area contributed by atoms with Crippen LogP contribution in [0.1, 0.15) is 32.1 Å². The van der Waals surface area contributed by atoms with Crippen LogP contribution in [0.3, 0.4) is 0 Å². The quantitative estimate of drug-likeness (QED) is 0.320. The first-order valence-corrected chi connectivity index (χ1v) is 9.52. The molecule has 1 aromatic rings. The van der Waals surface area contributed by atoms with Gasteiger partial charge in [-0.25, -0.2) is 0 Å². The van der Waals surface area contributed by atoms with Crippen molar-refractivity contribution in [3.63, 3.8) is 0 Å². The number of nitrogens with zero attached hydrogens (tertiary/aromatic N) is 2. The van der Waals surface area contributed by atoms with E-state index in [2.05, 4.69) is 34.6 Å². The summed E-state index contributed by atoms with van der Waals surface area (Å²) in [6.45, 7) is 3.43. The maximum Gasteiger partial charge on any atom is 0.191 e. The monoisotopic (exact) mass is 364 g/mol. The van der Waals surface area contributed by atoms with Crippen molar-refractivity contribution < 1.29 is 9.47 Å². The Morgan fingerprint density at radius 3 is 2.19 bits per heavy atom. The number of benzene rings is 1. The molecule has 26 heavy (non-hydrogen) atoms. The van der Waals surface area contributed by atoms with Crippen molar-refractivity contribution in [2.75, 3.05) is 54.5 Å². The molecule has 0 spiro atoms. The Morgan fingerprint density at radius 1 is 0.923 bits per heavy atom. The fraction of sp³-hybridized carbons (Fsp3) is 0.650. The van der Waals surface area contributed by atoms with Crippen LogP contribution in [0.2, 0.25) is 0 Å². The topological polar surface area (TPSA) is 58.1 Å². The highest BCUT2D eigenvalue weighted by atomic mass is 16.5. The van der Waals surface area contributed by atoms with Crippen LogP contribution in [0.4, 0.5) is 0 Å². The normalized spacial score (nSPS) is 11.5. The number of methoxy groups -OCH3 is 1. The van der Waals surface area contributed by atoms with Crippen LogP contribution in [0, 0.1) is 0 Å². The van der Waals surface area contributed by atoms with Crippen molar-refractivity contribution in [2.45, 2.75) is 32.1 Å². The summed E-state index contributed by atoms with van der Waals surface area (Å²) in [5, 5.41) is 6.62. The number of nitrogens with one attached hydrogen (secondary N) is 2. The Morgan fingerprint density at radius 2 is 1.54 bits per heavy atom. The lowest BCUT2D eigenvalue weighted by molar-refractivity contribution is 0.321. The van der Waals surface area contributed by atoms with Crippen LogP contribution in [-0.4, -0.2) is 65.4 Å². The molecule has 0 aliphatic rings. The Balaban J connectivity index is 2.02. The predicted octanol–water partition coefficient (Wildman–Crippen LogP) is 2.75. The molecule has 0 radical (unpaired) electrons. The van der Waals surface area contributed by atoms with Crippen molar-refractivity contribution >= 4 is 5.96 Å². The van der Waals surface area contributed by atoms with Gasteiger partial charge in [-0.2, -0.15) is 0 Å². The minimum absolute atomic E-state index is 0.582. The van der Waals surface area contributed by atoms with Crippen LogP contribution < -0.4 is 20.1 Å². The van der Waals surface area contributed by atoms with Gasteiger partial charge in [-0.3, -0.25) is 4.99 Å². The molecule has 6 nitrogen and oxygen atoms in total. The number of hydrogen-bond acceptors (Lipinski definition) is 4. The van der Waals surface area contributed by atoms with E-state index in [1.54, 1.807) is 14.2 Å². The van der Waals surface area contributed by atoms with Crippen molar-refractivity contribution in [1.82, 2.24) is 15.5 Å². The number of unbranched alkanes of at least 4 members (excludes halogenated alkanes) is 4. The van der Waals surface area contributed by atoms with Gasteiger partial charge >= 0.3 is 0 Å². The first-order chi connectivity index (χ1) is 12.7. The average Bonchev–Trinajstić information content (AvgIpc) is 2.65. The molecule has 0 aromatic heterocycles. The third kappa shape index (κ3) is 10.8. The molecule has 0 atom stereocenters. The van der Waals surface area contributed by atoms with Crippen molar-refractivity contribution in [3.8, 4) is 11.5 Å². The maximum absolute atomic E-state index is 5.69. The van der Waals surface area contributed by atoms with Crippen molar-refractivity contribution in [3.05, 3.63) is 24.3 Å². The van der Waals surface area contributed by atoms with Crippen LogP contribution in [0.5, 0.6) is 11.5 Å². The average molecular weight is 365 g/mol. The molecule has 0 aliphatic heterocycles. The molecule has 0 fully saturated rings. The third-order valence-corrected chi connectivity index (χ3v) is 4.02. The Hall–Kier alpha value is -1.95. The lowest BCUT2D eigenvalue weighted by Crippen LogP contribution is -2.39. The number of rotatable bonds is 13. The number of aliphatic imine (C=N–C) groups is 1. The standard InChI is InChI=1S/C20H36N4O2/c1-21-20(22-14-8-6-5-7-9-16-24(2)3)23-15-17-26-19-12-10-18(25-4)11-13-19/h10-13H,5-9,14-17H2,1-4H3,(H2,21,22,23). The highest BCUT2D eigenvalue weighted by Crippen LogP contribution is 2.16. The molecule has 0 aliphatic carbocycles. The van der Waals surface area contributed by atoms with E-state index in [9.17, 15) is 0 Å². The van der Waals surface area contributed by atoms with E-state index >= 15 is 0 Å². The molecule has 1 rings (SSSR count). The summed E-state index contributed by atoms with van der Waals surface area (Å²) >= 11 is 0. The van der Waals surface area contributed by atoms with E-state index in [-0.39, 0.29) is 0 Å². The Kier molecular flexibility index (Phi) is 12.1. The van der Waals surface area contributed by atoms with Crippen LogP contribution in [-0.2, 0) is 0 Å². The van der Waals surface area contributed by atoms with E-state index in [0.29, 0.717) is 13.2 Å². The second-order valence-electron chi connectivity index (χ2n) is 6.52. The fourth-order valence-electron chi connectivity index (χ4n) is 2.52. The minimum Gasteiger partial charge on any atom is -0.497 e. The maximum atomic E-state index is 5.69. The van der Waals surface area contributed by atoms with Crippen molar-refractivity contribution in [1.29, 1.82) is 0 Å². The molecule has 0 amide bonds. The lowest BCUT2D eigenvalue weighted by atomic mass is 10.1. The van der Waals surface area contributed by atoms with Gasteiger partial charge in [0, 0.05) is 13.6 Å². The van der Waals surface area contributed by atoms with Gasteiger partial charge in [0.05, 0.1) is 13.7 Å². The van der Waals surface area contributed by atoms with Crippen LogP contribution in [0.25, 0.3) is 0 Å². The zero-order valence-corrected chi connectivity index (χ0v) is 16.9. The molecule has 0 unspecified atom stereocenters. The van der Waals surface area contributed by atoms with Crippen LogP contribution >= 0.6 is 0 Å². The molecule has 0 heterocycles. The lowest BCUT2D eigenvalue weighted by Gasteiger charge is -2.13. The number of hydrogen-bond donors (Lipinski definition) is 2. The minimum atomic E-state index is 0.582. The zero-order valence-electron chi connectivity index (χ0n) is 16.9. The van der Waals surface area contributed by atoms with Gasteiger partial charge in [-0.05, 0) is 57.7 Å². The molecule has 0 saturated carbocycles. The zero-order chi connectivity index (χ0) is 19.0. The van der Waals surface area contributed by atoms with Crippen LogP contribution in [0.15, 0.2) is 29.3 Å². The molecular weight excluding hydrogens is 328 g/mol. The number of ether oxygens (including phenoxy) is 2.